The average Bonchev–Trinajstić information content (AvgIpc) is 2.30. The van der Waals surface area contributed by atoms with E-state index in [0.29, 0.717) is 0 Å². The lowest BCUT2D eigenvalue weighted by molar-refractivity contribution is -0.510. The summed E-state index contributed by atoms with van der Waals surface area (Å²) in [5, 5.41) is 0. The van der Waals surface area contributed by atoms with E-state index in [1.165, 1.54) is 16.9 Å². The number of halogens is 2. The van der Waals surface area contributed by atoms with Crippen LogP contribution in [0.15, 0.2) is 0 Å². The maximum Gasteiger partial charge on any atom is 0.308 e. The fraction of sp³-hybridized carbons (Fsp3) is 0.857. The Kier molecular flexibility index (Phi) is 6.02. The van der Waals surface area contributed by atoms with Gasteiger partial charge in [-0.1, -0.05) is 0 Å². The van der Waals surface area contributed by atoms with E-state index in [-0.39, 0.29) is 24.0 Å². The van der Waals surface area contributed by atoms with Gasteiger partial charge in [-0.15, -0.1) is 0 Å². The summed E-state index contributed by atoms with van der Waals surface area (Å²) >= 11 is 2.42. The quantitative estimate of drug-likeness (QED) is 0.310. The van der Waals surface area contributed by atoms with E-state index in [0.717, 1.165) is 13.1 Å². The first kappa shape index (κ1) is 11.9. The predicted molar refractivity (Wildman–Crippen MR) is 51.9 cm³/mol. The Morgan fingerprint density at radius 2 is 2.18 bits per heavy atom. The van der Waals surface area contributed by atoms with Crippen LogP contribution in [0.1, 0.15) is 13.8 Å². The van der Waals surface area contributed by atoms with E-state index in [9.17, 15) is 0 Å². The van der Waals surface area contributed by atoms with Gasteiger partial charge in [0.05, 0.1) is 35.7 Å². The molecule has 4 heteroatoms. The summed E-state index contributed by atoms with van der Waals surface area (Å²) in [5.74, 6) is 0. The summed E-state index contributed by atoms with van der Waals surface area (Å²) < 4.78 is 3.83. The molecule has 0 N–H and O–H groups in total. The Morgan fingerprint density at radius 3 is 2.45 bits per heavy atom. The van der Waals surface area contributed by atoms with E-state index in [2.05, 4.69) is 45.9 Å². The zero-order chi connectivity index (χ0) is 7.56. The molecule has 0 spiro atoms. The van der Waals surface area contributed by atoms with Crippen LogP contribution in [0.2, 0.25) is 0 Å². The van der Waals surface area contributed by atoms with Gasteiger partial charge in [-0.3, -0.25) is 9.48 Å². The lowest BCUT2D eigenvalue weighted by Gasteiger charge is -2.03. The molecular weight excluding hydrogens is 366 g/mol. The van der Waals surface area contributed by atoms with E-state index in [1.807, 2.05) is 0 Å². The van der Waals surface area contributed by atoms with Crippen molar-refractivity contribution in [2.45, 2.75) is 13.8 Å². The Morgan fingerprint density at radius 1 is 1.55 bits per heavy atom. The number of hydrogen-bond acceptors (Lipinski definition) is 1. The molecule has 11 heavy (non-hydrogen) atoms. The highest BCUT2D eigenvalue weighted by Crippen LogP contribution is 2.06. The largest absolute Gasteiger partial charge is 1.00 e. The topological polar surface area (TPSA) is 6.25 Å². The zero-order valence-electron chi connectivity index (χ0n) is 6.98. The first-order valence-corrected chi connectivity index (χ1v) is 4.89. The Bertz CT molecular complexity index is 157. The molecule has 66 valence electrons. The van der Waals surface area contributed by atoms with Crippen molar-refractivity contribution < 1.29 is 28.6 Å². The number of nitrogens with zero attached hydrogens (tertiary/aromatic N) is 2. The van der Waals surface area contributed by atoms with Crippen molar-refractivity contribution in [3.05, 3.63) is 0 Å². The molecule has 0 unspecified atom stereocenters. The third-order valence-corrected chi connectivity index (χ3v) is 3.29. The minimum Gasteiger partial charge on any atom is -1.00 e. The van der Waals surface area contributed by atoms with Crippen LogP contribution >= 0.6 is 22.6 Å². The van der Waals surface area contributed by atoms with Crippen LogP contribution < -0.4 is 24.0 Å². The maximum absolute atomic E-state index is 2.42. The molecular formula is C7H14I2N2. The minimum atomic E-state index is 0. The van der Waals surface area contributed by atoms with Crippen LogP contribution in [0.5, 0.6) is 0 Å². The van der Waals surface area contributed by atoms with E-state index in [1.54, 1.807) is 0 Å². The zero-order valence-corrected chi connectivity index (χ0v) is 11.3. The molecule has 1 heterocycles. The lowest BCUT2D eigenvalue weighted by Crippen LogP contribution is -3.00. The van der Waals surface area contributed by atoms with Crippen LogP contribution in [0.3, 0.4) is 0 Å². The Hall–Kier alpha value is 0.930. The van der Waals surface area contributed by atoms with Crippen LogP contribution in [-0.2, 0) is 0 Å². The second-order valence-corrected chi connectivity index (χ2v) is 3.39. The molecule has 0 amide bonds. The smallest absolute Gasteiger partial charge is 0.308 e. The van der Waals surface area contributed by atoms with E-state index in [4.69, 9.17) is 0 Å². The summed E-state index contributed by atoms with van der Waals surface area (Å²) in [7, 11) is 0. The first-order chi connectivity index (χ1) is 4.79. The molecule has 1 rings (SSSR count). The lowest BCUT2D eigenvalue weighted by atomic mass is 10.5. The van der Waals surface area contributed by atoms with Gasteiger partial charge < -0.3 is 24.0 Å². The molecule has 0 aromatic rings. The number of rotatable bonds is 2. The molecule has 0 aromatic carbocycles. The molecule has 1 aliphatic rings. The molecule has 2 nitrogen and oxygen atoms in total. The van der Waals surface area contributed by atoms with Gasteiger partial charge in [-0.25, -0.2) is 0 Å². The van der Waals surface area contributed by atoms with Crippen LogP contribution in [0.4, 0.5) is 0 Å². The highest BCUT2D eigenvalue weighted by atomic mass is 127. The van der Waals surface area contributed by atoms with E-state index < -0.39 is 0 Å². The van der Waals surface area contributed by atoms with Crippen molar-refractivity contribution in [3.63, 3.8) is 0 Å². The SMILES string of the molecule is CCN1CC[N+](CC)=C1I.[I-]. The number of amidine groups is 1. The first-order valence-electron chi connectivity index (χ1n) is 3.82. The van der Waals surface area contributed by atoms with Crippen LogP contribution in [0.25, 0.3) is 0 Å². The Balaban J connectivity index is 0.000001000. The van der Waals surface area contributed by atoms with Gasteiger partial charge in [0, 0.05) is 0 Å². The fourth-order valence-corrected chi connectivity index (χ4v) is 2.37. The molecule has 0 atom stereocenters. The fourth-order valence-electron chi connectivity index (χ4n) is 1.20. The minimum absolute atomic E-state index is 0. The molecule has 0 radical (unpaired) electrons. The van der Waals surface area contributed by atoms with Crippen molar-refractivity contribution in [1.29, 1.82) is 0 Å². The molecule has 0 fully saturated rings. The van der Waals surface area contributed by atoms with Crippen molar-refractivity contribution in [2.75, 3.05) is 26.2 Å². The standard InChI is InChI=1S/C7H14IN2.HI/c1-3-9-5-6-10(4-2)7(9)8;/h3-6H2,1-2H3;1H/q+1;/p-1. The molecule has 0 aromatic heterocycles. The second kappa shape index (κ2) is 5.55. The Labute approximate surface area is 99.2 Å². The van der Waals surface area contributed by atoms with Crippen molar-refractivity contribution >= 4 is 26.4 Å². The van der Waals surface area contributed by atoms with Crippen LogP contribution in [0, 0.1) is 0 Å². The molecule has 1 aliphatic heterocycles. The van der Waals surface area contributed by atoms with Crippen molar-refractivity contribution in [1.82, 2.24) is 4.90 Å². The number of hydrogen-bond donors (Lipinski definition) is 0. The van der Waals surface area contributed by atoms with Gasteiger partial charge in [0.1, 0.15) is 13.1 Å². The molecule has 0 aliphatic carbocycles. The van der Waals surface area contributed by atoms with Gasteiger partial charge in [-0.2, -0.15) is 0 Å². The van der Waals surface area contributed by atoms with Gasteiger partial charge in [0.2, 0.25) is 0 Å². The highest BCUT2D eigenvalue weighted by molar-refractivity contribution is 14.1. The third kappa shape index (κ3) is 2.71. The maximum atomic E-state index is 2.42. The molecule has 0 saturated heterocycles. The van der Waals surface area contributed by atoms with Crippen LogP contribution in [-0.4, -0.2) is 39.5 Å². The summed E-state index contributed by atoms with van der Waals surface area (Å²) in [4.78, 5) is 2.41. The van der Waals surface area contributed by atoms with Gasteiger partial charge in [0.15, 0.2) is 0 Å². The normalized spacial score (nSPS) is 17.2. The predicted octanol–water partition coefficient (Wildman–Crippen LogP) is -1.85. The summed E-state index contributed by atoms with van der Waals surface area (Å²) in [6.45, 7) is 9.13. The van der Waals surface area contributed by atoms with Crippen molar-refractivity contribution in [3.8, 4) is 0 Å². The number of likely N-dealkylation sites (N-methyl/N-ethyl adjacent to an activating group) is 2. The van der Waals surface area contributed by atoms with E-state index >= 15 is 0 Å². The van der Waals surface area contributed by atoms with Crippen molar-refractivity contribution in [2.24, 2.45) is 0 Å². The average molecular weight is 380 g/mol. The summed E-state index contributed by atoms with van der Waals surface area (Å²) in [6.07, 6.45) is 0. The monoisotopic (exact) mass is 380 g/mol. The molecule has 0 saturated carbocycles. The van der Waals surface area contributed by atoms with Gasteiger partial charge >= 0.3 is 3.84 Å². The second-order valence-electron chi connectivity index (χ2n) is 2.43. The van der Waals surface area contributed by atoms with Gasteiger partial charge in [0.25, 0.3) is 0 Å². The van der Waals surface area contributed by atoms with Gasteiger partial charge in [-0.05, 0) is 13.8 Å². The highest BCUT2D eigenvalue weighted by Gasteiger charge is 2.24. The summed E-state index contributed by atoms with van der Waals surface area (Å²) in [5.41, 5.74) is 0. The third-order valence-electron chi connectivity index (χ3n) is 1.93. The summed E-state index contributed by atoms with van der Waals surface area (Å²) in [6, 6.07) is 0. The molecule has 0 bridgehead atoms.